The molecule has 0 saturated heterocycles. The molecular weight excluding hydrogens is 489 g/mol. The predicted octanol–water partition coefficient (Wildman–Crippen LogP) is 5.39. The summed E-state index contributed by atoms with van der Waals surface area (Å²) in [5.41, 5.74) is 2.49. The molecule has 1 aromatic heterocycles. The molecule has 3 aromatic carbocycles. The van der Waals surface area contributed by atoms with Gasteiger partial charge in [-0.15, -0.1) is 0 Å². The van der Waals surface area contributed by atoms with Gasteiger partial charge in [0.25, 0.3) is 0 Å². The number of phenolic OH excluding ortho intramolecular Hbond substituents is 2. The van der Waals surface area contributed by atoms with E-state index >= 15 is 0 Å². The monoisotopic (exact) mass is 503 g/mol. The van der Waals surface area contributed by atoms with Gasteiger partial charge < -0.3 is 14.8 Å². The zero-order valence-corrected chi connectivity index (χ0v) is 17.5. The van der Waals surface area contributed by atoms with Crippen LogP contribution in [0.1, 0.15) is 5.56 Å². The SMILES string of the molecule is O=c1cc(-c2ccccc2Cl)n(Cc2ccccc2)c2c(I)c(O)cc(O)c12. The number of fused-ring (bicyclic) bond motifs is 1. The lowest BCUT2D eigenvalue weighted by Crippen LogP contribution is -2.14. The van der Waals surface area contributed by atoms with Crippen molar-refractivity contribution in [3.63, 3.8) is 0 Å². The van der Waals surface area contributed by atoms with Gasteiger partial charge in [0, 0.05) is 29.3 Å². The Bertz CT molecular complexity index is 1250. The minimum atomic E-state index is -0.329. The van der Waals surface area contributed by atoms with Crippen LogP contribution in [-0.4, -0.2) is 14.8 Å². The Balaban J connectivity index is 2.15. The Morgan fingerprint density at radius 3 is 2.32 bits per heavy atom. The number of hydrogen-bond acceptors (Lipinski definition) is 3. The van der Waals surface area contributed by atoms with Gasteiger partial charge in [-0.2, -0.15) is 0 Å². The van der Waals surface area contributed by atoms with Crippen LogP contribution in [0.15, 0.2) is 71.5 Å². The second-order valence-electron chi connectivity index (χ2n) is 6.40. The largest absolute Gasteiger partial charge is 0.507 e. The standard InChI is InChI=1S/C22H15ClINO3/c23-15-9-5-4-8-14(15)16-10-17(26)20-18(27)11-19(28)21(24)22(20)25(16)12-13-6-2-1-3-7-13/h1-11,27-28H,12H2. The molecule has 0 fully saturated rings. The molecule has 0 aliphatic heterocycles. The first-order chi connectivity index (χ1) is 13.5. The Morgan fingerprint density at radius 2 is 1.61 bits per heavy atom. The molecule has 4 rings (SSSR count). The van der Waals surface area contributed by atoms with Gasteiger partial charge in [-0.3, -0.25) is 4.79 Å². The van der Waals surface area contributed by atoms with Crippen molar-refractivity contribution < 1.29 is 10.2 Å². The number of aromatic hydroxyl groups is 2. The zero-order chi connectivity index (χ0) is 19.8. The summed E-state index contributed by atoms with van der Waals surface area (Å²) in [5, 5.41) is 21.3. The molecule has 0 bridgehead atoms. The van der Waals surface area contributed by atoms with Crippen LogP contribution in [0.2, 0.25) is 5.02 Å². The second-order valence-corrected chi connectivity index (χ2v) is 7.88. The van der Waals surface area contributed by atoms with Gasteiger partial charge in [0.05, 0.1) is 20.2 Å². The molecule has 0 radical (unpaired) electrons. The third-order valence-electron chi connectivity index (χ3n) is 4.61. The van der Waals surface area contributed by atoms with E-state index < -0.39 is 0 Å². The van der Waals surface area contributed by atoms with Crippen LogP contribution in [0.25, 0.3) is 22.2 Å². The topological polar surface area (TPSA) is 62.5 Å². The molecule has 1 heterocycles. The molecule has 0 aliphatic carbocycles. The van der Waals surface area contributed by atoms with Crippen LogP contribution in [0, 0.1) is 3.57 Å². The highest BCUT2D eigenvalue weighted by Gasteiger charge is 2.20. The summed E-state index contributed by atoms with van der Waals surface area (Å²) in [7, 11) is 0. The Labute approximate surface area is 179 Å². The van der Waals surface area contributed by atoms with Gasteiger partial charge >= 0.3 is 0 Å². The molecular formula is C22H15ClINO3. The van der Waals surface area contributed by atoms with Gasteiger partial charge in [-0.1, -0.05) is 60.1 Å². The molecule has 2 N–H and O–H groups in total. The van der Waals surface area contributed by atoms with Crippen LogP contribution >= 0.6 is 34.2 Å². The highest BCUT2D eigenvalue weighted by molar-refractivity contribution is 14.1. The van der Waals surface area contributed by atoms with Gasteiger partial charge in [0.1, 0.15) is 11.5 Å². The molecule has 0 saturated carbocycles. The predicted molar refractivity (Wildman–Crippen MR) is 120 cm³/mol. The third-order valence-corrected chi connectivity index (χ3v) is 6.00. The Kier molecular flexibility index (Phi) is 5.03. The second kappa shape index (κ2) is 7.48. The van der Waals surface area contributed by atoms with E-state index in [-0.39, 0.29) is 22.3 Å². The van der Waals surface area contributed by atoms with Crippen molar-refractivity contribution in [3.05, 3.63) is 91.1 Å². The number of phenols is 2. The maximum absolute atomic E-state index is 12.9. The molecule has 4 aromatic rings. The first-order valence-corrected chi connectivity index (χ1v) is 10.00. The van der Waals surface area contributed by atoms with E-state index in [0.717, 1.165) is 5.56 Å². The quantitative estimate of drug-likeness (QED) is 0.369. The fourth-order valence-corrected chi connectivity index (χ4v) is 4.28. The highest BCUT2D eigenvalue weighted by atomic mass is 127. The summed E-state index contributed by atoms with van der Waals surface area (Å²) in [4.78, 5) is 12.9. The van der Waals surface area contributed by atoms with Crippen LogP contribution in [0.3, 0.4) is 0 Å². The Morgan fingerprint density at radius 1 is 0.929 bits per heavy atom. The number of hydrogen-bond donors (Lipinski definition) is 2. The van der Waals surface area contributed by atoms with Crippen molar-refractivity contribution in [2.75, 3.05) is 0 Å². The number of aromatic nitrogens is 1. The van der Waals surface area contributed by atoms with E-state index in [1.807, 2.05) is 75.7 Å². The third kappa shape index (κ3) is 3.25. The van der Waals surface area contributed by atoms with Gasteiger partial charge in [0.2, 0.25) is 0 Å². The van der Waals surface area contributed by atoms with Crippen molar-refractivity contribution in [1.29, 1.82) is 0 Å². The minimum Gasteiger partial charge on any atom is -0.507 e. The summed E-state index contributed by atoms with van der Waals surface area (Å²) in [6.45, 7) is 0.442. The first-order valence-electron chi connectivity index (χ1n) is 8.54. The van der Waals surface area contributed by atoms with Gasteiger partial charge in [-0.25, -0.2) is 0 Å². The van der Waals surface area contributed by atoms with Crippen LogP contribution in [0.4, 0.5) is 0 Å². The van der Waals surface area contributed by atoms with E-state index in [9.17, 15) is 15.0 Å². The number of pyridine rings is 1. The summed E-state index contributed by atoms with van der Waals surface area (Å²) < 4.78 is 2.40. The van der Waals surface area contributed by atoms with Crippen LogP contribution in [-0.2, 0) is 6.54 Å². The molecule has 0 unspecified atom stereocenters. The highest BCUT2D eigenvalue weighted by Crippen LogP contribution is 2.37. The Hall–Kier alpha value is -2.51. The summed E-state index contributed by atoms with van der Waals surface area (Å²) >= 11 is 8.42. The maximum atomic E-state index is 12.9. The average molecular weight is 504 g/mol. The molecule has 0 spiro atoms. The molecule has 140 valence electrons. The van der Waals surface area contributed by atoms with E-state index in [1.54, 1.807) is 6.07 Å². The lowest BCUT2D eigenvalue weighted by atomic mass is 10.1. The molecule has 4 nitrogen and oxygen atoms in total. The molecule has 0 aliphatic rings. The fourth-order valence-electron chi connectivity index (χ4n) is 3.33. The number of halogens is 2. The lowest BCUT2D eigenvalue weighted by Gasteiger charge is -2.20. The minimum absolute atomic E-state index is 0.0804. The summed E-state index contributed by atoms with van der Waals surface area (Å²) in [6, 6.07) is 19.8. The van der Waals surface area contributed by atoms with Crippen molar-refractivity contribution in [2.45, 2.75) is 6.54 Å². The van der Waals surface area contributed by atoms with E-state index in [0.29, 0.717) is 31.9 Å². The summed E-state index contributed by atoms with van der Waals surface area (Å²) in [5.74, 6) is -0.325. The van der Waals surface area contributed by atoms with Crippen molar-refractivity contribution >= 4 is 45.1 Å². The molecule has 28 heavy (non-hydrogen) atoms. The summed E-state index contributed by atoms with van der Waals surface area (Å²) in [6.07, 6.45) is 0. The van der Waals surface area contributed by atoms with Gasteiger partial charge in [0.15, 0.2) is 5.43 Å². The van der Waals surface area contributed by atoms with Crippen LogP contribution in [0.5, 0.6) is 11.5 Å². The molecule has 6 heteroatoms. The van der Waals surface area contributed by atoms with Gasteiger partial charge in [-0.05, 0) is 34.2 Å². The molecule has 0 atom stereocenters. The fraction of sp³-hybridized carbons (Fsp3) is 0.0455. The van der Waals surface area contributed by atoms with Crippen molar-refractivity contribution in [3.8, 4) is 22.8 Å². The number of benzene rings is 3. The van der Waals surface area contributed by atoms with Crippen molar-refractivity contribution in [2.24, 2.45) is 0 Å². The molecule has 0 amide bonds. The zero-order valence-electron chi connectivity index (χ0n) is 14.6. The first kappa shape index (κ1) is 18.8. The van der Waals surface area contributed by atoms with Crippen LogP contribution < -0.4 is 5.43 Å². The van der Waals surface area contributed by atoms with E-state index in [4.69, 9.17) is 11.6 Å². The van der Waals surface area contributed by atoms with Crippen molar-refractivity contribution in [1.82, 2.24) is 4.57 Å². The number of nitrogens with zero attached hydrogens (tertiary/aromatic N) is 1. The smallest absolute Gasteiger partial charge is 0.193 e. The van der Waals surface area contributed by atoms with E-state index in [2.05, 4.69) is 0 Å². The average Bonchev–Trinajstić information content (AvgIpc) is 2.68. The maximum Gasteiger partial charge on any atom is 0.193 e. The number of rotatable bonds is 3. The lowest BCUT2D eigenvalue weighted by molar-refractivity contribution is 0.452. The normalized spacial score (nSPS) is 11.1. The van der Waals surface area contributed by atoms with E-state index in [1.165, 1.54) is 12.1 Å².